The van der Waals surface area contributed by atoms with Crippen LogP contribution in [-0.4, -0.2) is 32.2 Å². The molecule has 0 atom stereocenters. The van der Waals surface area contributed by atoms with Crippen molar-refractivity contribution in [3.05, 3.63) is 35.4 Å². The smallest absolute Gasteiger partial charge is 0.259 e. The van der Waals surface area contributed by atoms with Gasteiger partial charge < -0.3 is 15.4 Å². The number of nitrogens with zero attached hydrogens (tertiary/aromatic N) is 2. The van der Waals surface area contributed by atoms with E-state index >= 15 is 0 Å². The second-order valence-corrected chi connectivity index (χ2v) is 4.23. The van der Waals surface area contributed by atoms with E-state index in [0.717, 1.165) is 37.6 Å². The van der Waals surface area contributed by atoms with E-state index in [-0.39, 0.29) is 5.57 Å². The highest BCUT2D eigenvalue weighted by Crippen LogP contribution is 2.17. The number of nitriles is 1. The molecule has 1 heterocycles. The minimum absolute atomic E-state index is 0.0425. The van der Waals surface area contributed by atoms with Gasteiger partial charge in [-0.25, -0.2) is 0 Å². The monoisotopic (exact) mass is 257 g/mol. The molecule has 0 bridgehead atoms. The van der Waals surface area contributed by atoms with Gasteiger partial charge in [0.15, 0.2) is 0 Å². The molecule has 5 heteroatoms. The normalized spacial score (nSPS) is 15.9. The number of ether oxygens (including phenoxy) is 1. The lowest BCUT2D eigenvalue weighted by molar-refractivity contribution is -0.114. The number of rotatable bonds is 3. The first-order valence-corrected chi connectivity index (χ1v) is 6.05. The second kappa shape index (κ2) is 6.03. The zero-order valence-corrected chi connectivity index (χ0v) is 10.5. The fraction of sp³-hybridized carbons (Fsp3) is 0.286. The molecular weight excluding hydrogens is 242 g/mol. The highest BCUT2D eigenvalue weighted by Gasteiger charge is 2.10. The van der Waals surface area contributed by atoms with Crippen molar-refractivity contribution in [3.63, 3.8) is 0 Å². The third kappa shape index (κ3) is 3.33. The van der Waals surface area contributed by atoms with Gasteiger partial charge in [0.1, 0.15) is 11.6 Å². The van der Waals surface area contributed by atoms with E-state index in [1.165, 1.54) is 6.08 Å². The van der Waals surface area contributed by atoms with E-state index in [1.54, 1.807) is 6.07 Å². The Morgan fingerprint density at radius 3 is 2.47 bits per heavy atom. The largest absolute Gasteiger partial charge is 0.378 e. The van der Waals surface area contributed by atoms with Crippen molar-refractivity contribution in [3.8, 4) is 6.07 Å². The summed E-state index contributed by atoms with van der Waals surface area (Å²) in [4.78, 5) is 13.2. The summed E-state index contributed by atoms with van der Waals surface area (Å²) >= 11 is 0. The van der Waals surface area contributed by atoms with Crippen LogP contribution < -0.4 is 10.6 Å². The van der Waals surface area contributed by atoms with Gasteiger partial charge in [0, 0.05) is 18.8 Å². The summed E-state index contributed by atoms with van der Waals surface area (Å²) in [6.45, 7) is 3.23. The molecule has 98 valence electrons. The number of carbonyl (C=O) groups is 1. The summed E-state index contributed by atoms with van der Waals surface area (Å²) in [7, 11) is 0. The highest BCUT2D eigenvalue weighted by molar-refractivity contribution is 6.00. The topological polar surface area (TPSA) is 79.3 Å². The first-order valence-electron chi connectivity index (χ1n) is 6.05. The van der Waals surface area contributed by atoms with Gasteiger partial charge in [0.25, 0.3) is 5.91 Å². The van der Waals surface area contributed by atoms with E-state index in [2.05, 4.69) is 4.90 Å². The molecule has 1 aromatic carbocycles. The number of benzene rings is 1. The fourth-order valence-electron chi connectivity index (χ4n) is 1.93. The molecule has 5 nitrogen and oxygen atoms in total. The van der Waals surface area contributed by atoms with Crippen LogP contribution >= 0.6 is 0 Å². The van der Waals surface area contributed by atoms with E-state index in [1.807, 2.05) is 24.3 Å². The summed E-state index contributed by atoms with van der Waals surface area (Å²) in [5.41, 5.74) is 6.94. The molecule has 0 aliphatic carbocycles. The molecule has 0 aromatic heterocycles. The molecule has 0 spiro atoms. The average Bonchev–Trinajstić information content (AvgIpc) is 2.46. The molecule has 1 fully saturated rings. The molecule has 19 heavy (non-hydrogen) atoms. The second-order valence-electron chi connectivity index (χ2n) is 4.23. The Labute approximate surface area is 111 Å². The molecule has 1 amide bonds. The van der Waals surface area contributed by atoms with Gasteiger partial charge >= 0.3 is 0 Å². The molecular formula is C14H15N3O2. The molecule has 0 radical (unpaired) electrons. The van der Waals surface area contributed by atoms with Crippen LogP contribution in [-0.2, 0) is 9.53 Å². The van der Waals surface area contributed by atoms with Crippen LogP contribution in [0.3, 0.4) is 0 Å². The van der Waals surface area contributed by atoms with Crippen molar-refractivity contribution in [1.29, 1.82) is 5.26 Å². The third-order valence-electron chi connectivity index (χ3n) is 2.97. The summed E-state index contributed by atoms with van der Waals surface area (Å²) in [6.07, 6.45) is 1.49. The van der Waals surface area contributed by atoms with Crippen LogP contribution in [0.4, 0.5) is 5.69 Å². The Balaban J connectivity index is 2.14. The van der Waals surface area contributed by atoms with Crippen LogP contribution in [0.1, 0.15) is 5.56 Å². The number of anilines is 1. The lowest BCUT2D eigenvalue weighted by Gasteiger charge is -2.28. The molecule has 2 N–H and O–H groups in total. The molecule has 2 rings (SSSR count). The number of hydrogen-bond acceptors (Lipinski definition) is 4. The third-order valence-corrected chi connectivity index (χ3v) is 2.97. The van der Waals surface area contributed by atoms with Crippen molar-refractivity contribution in [2.24, 2.45) is 5.73 Å². The first kappa shape index (κ1) is 13.1. The van der Waals surface area contributed by atoms with Gasteiger partial charge in [0.2, 0.25) is 0 Å². The van der Waals surface area contributed by atoms with Crippen molar-refractivity contribution in [2.75, 3.05) is 31.2 Å². The van der Waals surface area contributed by atoms with E-state index in [4.69, 9.17) is 15.7 Å². The lowest BCUT2D eigenvalue weighted by atomic mass is 10.1. The van der Waals surface area contributed by atoms with Crippen LogP contribution in [0.15, 0.2) is 29.8 Å². The Morgan fingerprint density at radius 2 is 1.95 bits per heavy atom. The van der Waals surface area contributed by atoms with E-state index in [9.17, 15) is 4.79 Å². The van der Waals surface area contributed by atoms with Gasteiger partial charge in [-0.1, -0.05) is 12.1 Å². The zero-order valence-electron chi connectivity index (χ0n) is 10.5. The SMILES string of the molecule is N#CC(=Cc1ccc(N2CCOCC2)cc1)C(N)=O. The highest BCUT2D eigenvalue weighted by atomic mass is 16.5. The number of amides is 1. The maximum atomic E-state index is 11.0. The summed E-state index contributed by atoms with van der Waals surface area (Å²) < 4.78 is 5.30. The Morgan fingerprint density at radius 1 is 1.32 bits per heavy atom. The maximum Gasteiger partial charge on any atom is 0.259 e. The molecule has 0 saturated carbocycles. The maximum absolute atomic E-state index is 11.0. The van der Waals surface area contributed by atoms with E-state index in [0.29, 0.717) is 0 Å². The Hall–Kier alpha value is -2.32. The van der Waals surface area contributed by atoms with Crippen molar-refractivity contribution < 1.29 is 9.53 Å². The number of carbonyl (C=O) groups excluding carboxylic acids is 1. The minimum Gasteiger partial charge on any atom is -0.378 e. The summed E-state index contributed by atoms with van der Waals surface area (Å²) in [5.74, 6) is -0.709. The van der Waals surface area contributed by atoms with Gasteiger partial charge in [-0.2, -0.15) is 5.26 Å². The number of primary amides is 1. The number of morpholine rings is 1. The number of hydrogen-bond donors (Lipinski definition) is 1. The predicted octanol–water partition coefficient (Wildman–Crippen LogP) is 0.915. The van der Waals surface area contributed by atoms with Crippen LogP contribution in [0, 0.1) is 11.3 Å². The van der Waals surface area contributed by atoms with Gasteiger partial charge in [-0.05, 0) is 23.8 Å². The standard InChI is InChI=1S/C14H15N3O2/c15-10-12(14(16)18)9-11-1-3-13(4-2-11)17-5-7-19-8-6-17/h1-4,9H,5-8H2,(H2,16,18). The van der Waals surface area contributed by atoms with Gasteiger partial charge in [-0.15, -0.1) is 0 Å². The van der Waals surface area contributed by atoms with Crippen molar-refractivity contribution in [1.82, 2.24) is 0 Å². The van der Waals surface area contributed by atoms with E-state index < -0.39 is 5.91 Å². The van der Waals surface area contributed by atoms with Crippen LogP contribution in [0.25, 0.3) is 6.08 Å². The first-order chi connectivity index (χ1) is 9.20. The quantitative estimate of drug-likeness (QED) is 0.645. The van der Waals surface area contributed by atoms with Crippen molar-refractivity contribution >= 4 is 17.7 Å². The molecule has 0 unspecified atom stereocenters. The van der Waals surface area contributed by atoms with Crippen LogP contribution in [0.2, 0.25) is 0 Å². The van der Waals surface area contributed by atoms with Crippen molar-refractivity contribution in [2.45, 2.75) is 0 Å². The zero-order chi connectivity index (χ0) is 13.7. The summed E-state index contributed by atoms with van der Waals surface area (Å²) in [6, 6.07) is 9.45. The summed E-state index contributed by atoms with van der Waals surface area (Å²) in [5, 5.41) is 8.77. The Kier molecular flexibility index (Phi) is 4.16. The molecule has 1 aliphatic heterocycles. The van der Waals surface area contributed by atoms with Gasteiger partial charge in [-0.3, -0.25) is 4.79 Å². The Bertz CT molecular complexity index is 523. The fourth-order valence-corrected chi connectivity index (χ4v) is 1.93. The van der Waals surface area contributed by atoms with Gasteiger partial charge in [0.05, 0.1) is 13.2 Å². The van der Waals surface area contributed by atoms with Crippen LogP contribution in [0.5, 0.6) is 0 Å². The average molecular weight is 257 g/mol. The minimum atomic E-state index is -0.709. The number of nitrogens with two attached hydrogens (primary N) is 1. The molecule has 1 saturated heterocycles. The predicted molar refractivity (Wildman–Crippen MR) is 72.3 cm³/mol. The molecule has 1 aliphatic rings. The molecule has 1 aromatic rings. The lowest BCUT2D eigenvalue weighted by Crippen LogP contribution is -2.36.